The van der Waals surface area contributed by atoms with Gasteiger partial charge in [-0.15, -0.1) is 0 Å². The number of nitrogens with zero attached hydrogens (tertiary/aromatic N) is 2. The molecule has 0 amide bonds. The molecule has 0 spiro atoms. The van der Waals surface area contributed by atoms with Crippen molar-refractivity contribution in [2.75, 3.05) is 6.54 Å². The summed E-state index contributed by atoms with van der Waals surface area (Å²) < 4.78 is 2.09. The predicted molar refractivity (Wildman–Crippen MR) is 57.2 cm³/mol. The predicted octanol–water partition coefficient (Wildman–Crippen LogP) is 1.59. The second kappa shape index (κ2) is 4.60. The third-order valence-electron chi connectivity index (χ3n) is 2.97. The van der Waals surface area contributed by atoms with Crippen LogP contribution in [-0.2, 0) is 13.0 Å². The Balaban J connectivity index is 1.95. The highest BCUT2D eigenvalue weighted by molar-refractivity contribution is 5.03. The van der Waals surface area contributed by atoms with Crippen molar-refractivity contribution in [2.24, 2.45) is 0 Å². The summed E-state index contributed by atoms with van der Waals surface area (Å²) in [6.45, 7) is 4.31. The molecule has 1 fully saturated rings. The maximum absolute atomic E-state index is 4.29. The zero-order valence-corrected chi connectivity index (χ0v) is 8.87. The molecular weight excluding hydrogens is 174 g/mol. The van der Waals surface area contributed by atoms with Gasteiger partial charge in [0.25, 0.3) is 0 Å². The Morgan fingerprint density at radius 1 is 1.57 bits per heavy atom. The van der Waals surface area contributed by atoms with Gasteiger partial charge in [-0.3, -0.25) is 4.68 Å². The van der Waals surface area contributed by atoms with E-state index in [4.69, 9.17) is 0 Å². The van der Waals surface area contributed by atoms with Crippen molar-refractivity contribution >= 4 is 0 Å². The molecule has 1 aromatic heterocycles. The van der Waals surface area contributed by atoms with Gasteiger partial charge >= 0.3 is 0 Å². The smallest absolute Gasteiger partial charge is 0.0492 e. The summed E-state index contributed by atoms with van der Waals surface area (Å²) in [5.41, 5.74) is 1.37. The highest BCUT2D eigenvalue weighted by atomic mass is 15.3. The molecule has 1 aliphatic heterocycles. The van der Waals surface area contributed by atoms with Gasteiger partial charge in [0.15, 0.2) is 0 Å². The topological polar surface area (TPSA) is 29.9 Å². The van der Waals surface area contributed by atoms with Crippen molar-refractivity contribution < 1.29 is 0 Å². The summed E-state index contributed by atoms with van der Waals surface area (Å²) in [7, 11) is 0. The van der Waals surface area contributed by atoms with Crippen LogP contribution in [0, 0.1) is 0 Å². The molecule has 0 saturated carbocycles. The van der Waals surface area contributed by atoms with Gasteiger partial charge in [0.05, 0.1) is 0 Å². The maximum atomic E-state index is 4.29. The Hall–Kier alpha value is -0.830. The normalized spacial score (nSPS) is 22.5. The molecule has 1 saturated heterocycles. The highest BCUT2D eigenvalue weighted by Crippen LogP contribution is 2.12. The number of hydrogen-bond acceptors (Lipinski definition) is 2. The van der Waals surface area contributed by atoms with Crippen LogP contribution in [0.15, 0.2) is 12.3 Å². The molecule has 1 aliphatic rings. The van der Waals surface area contributed by atoms with Crippen molar-refractivity contribution in [3.8, 4) is 0 Å². The Bertz CT molecular complexity index is 274. The average Bonchev–Trinajstić information content (AvgIpc) is 2.67. The van der Waals surface area contributed by atoms with Crippen LogP contribution in [0.2, 0.25) is 0 Å². The fraction of sp³-hybridized carbons (Fsp3) is 0.727. The summed E-state index contributed by atoms with van der Waals surface area (Å²) in [5, 5.41) is 7.86. The third-order valence-corrected chi connectivity index (χ3v) is 2.97. The molecule has 0 aliphatic carbocycles. The van der Waals surface area contributed by atoms with Gasteiger partial charge in [-0.05, 0) is 32.4 Å². The Morgan fingerprint density at radius 2 is 2.50 bits per heavy atom. The van der Waals surface area contributed by atoms with Crippen molar-refractivity contribution in [1.29, 1.82) is 0 Å². The lowest BCUT2D eigenvalue weighted by Crippen LogP contribution is -2.36. The van der Waals surface area contributed by atoms with E-state index in [1.807, 2.05) is 6.20 Å². The lowest BCUT2D eigenvalue weighted by atomic mass is 10.0. The van der Waals surface area contributed by atoms with E-state index in [1.165, 1.54) is 31.5 Å². The first-order chi connectivity index (χ1) is 6.90. The van der Waals surface area contributed by atoms with E-state index in [0.29, 0.717) is 6.04 Å². The molecule has 1 atom stereocenters. The second-order valence-electron chi connectivity index (χ2n) is 3.99. The fourth-order valence-electron chi connectivity index (χ4n) is 2.17. The number of aryl methyl sites for hydroxylation is 1. The van der Waals surface area contributed by atoms with Crippen LogP contribution in [0.3, 0.4) is 0 Å². The van der Waals surface area contributed by atoms with E-state index in [9.17, 15) is 0 Å². The van der Waals surface area contributed by atoms with E-state index in [1.54, 1.807) is 0 Å². The van der Waals surface area contributed by atoms with Gasteiger partial charge in [0, 0.05) is 30.9 Å². The first kappa shape index (κ1) is 9.71. The van der Waals surface area contributed by atoms with Crippen LogP contribution < -0.4 is 5.32 Å². The monoisotopic (exact) mass is 193 g/mol. The molecule has 0 radical (unpaired) electrons. The van der Waals surface area contributed by atoms with Crippen LogP contribution in [0.4, 0.5) is 0 Å². The average molecular weight is 193 g/mol. The van der Waals surface area contributed by atoms with E-state index in [0.717, 1.165) is 13.0 Å². The molecule has 14 heavy (non-hydrogen) atoms. The van der Waals surface area contributed by atoms with Crippen molar-refractivity contribution in [3.05, 3.63) is 18.0 Å². The lowest BCUT2D eigenvalue weighted by molar-refractivity contribution is 0.391. The molecular formula is C11H19N3. The second-order valence-corrected chi connectivity index (χ2v) is 3.99. The molecule has 3 heteroatoms. The minimum Gasteiger partial charge on any atom is -0.314 e. The van der Waals surface area contributed by atoms with E-state index in [-0.39, 0.29) is 0 Å². The van der Waals surface area contributed by atoms with Crippen molar-refractivity contribution in [3.63, 3.8) is 0 Å². The Kier molecular flexibility index (Phi) is 3.19. The number of aromatic nitrogens is 2. The minimum atomic E-state index is 0.672. The molecule has 2 heterocycles. The van der Waals surface area contributed by atoms with Gasteiger partial charge in [0.1, 0.15) is 0 Å². The molecule has 2 rings (SSSR count). The minimum absolute atomic E-state index is 0.672. The number of nitrogens with one attached hydrogen (secondary N) is 1. The van der Waals surface area contributed by atoms with E-state index >= 15 is 0 Å². The van der Waals surface area contributed by atoms with Crippen LogP contribution in [0.1, 0.15) is 31.9 Å². The number of hydrogen-bond donors (Lipinski definition) is 1. The maximum Gasteiger partial charge on any atom is 0.0492 e. The third kappa shape index (κ3) is 2.15. The standard InChI is InChI=1S/C11H19N3/c1-2-14-11(6-8-13-14)9-10-5-3-4-7-12-10/h6,8,10,12H,2-5,7,9H2,1H3. The van der Waals surface area contributed by atoms with Crippen LogP contribution >= 0.6 is 0 Å². The van der Waals surface area contributed by atoms with Gasteiger partial charge < -0.3 is 5.32 Å². The summed E-state index contributed by atoms with van der Waals surface area (Å²) >= 11 is 0. The number of rotatable bonds is 3. The van der Waals surface area contributed by atoms with Crippen molar-refractivity contribution in [2.45, 2.75) is 45.2 Å². The van der Waals surface area contributed by atoms with E-state index in [2.05, 4.69) is 28.1 Å². The molecule has 0 aromatic carbocycles. The van der Waals surface area contributed by atoms with Gasteiger partial charge in [0.2, 0.25) is 0 Å². The number of piperidine rings is 1. The molecule has 3 nitrogen and oxygen atoms in total. The first-order valence-electron chi connectivity index (χ1n) is 5.64. The van der Waals surface area contributed by atoms with Gasteiger partial charge in [-0.1, -0.05) is 6.42 Å². The molecule has 1 aromatic rings. The SMILES string of the molecule is CCn1nccc1CC1CCCCN1. The van der Waals surface area contributed by atoms with Gasteiger partial charge in [-0.2, -0.15) is 5.10 Å². The van der Waals surface area contributed by atoms with Crippen LogP contribution in [-0.4, -0.2) is 22.4 Å². The first-order valence-corrected chi connectivity index (χ1v) is 5.64. The lowest BCUT2D eigenvalue weighted by Gasteiger charge is -2.23. The largest absolute Gasteiger partial charge is 0.314 e. The Morgan fingerprint density at radius 3 is 3.21 bits per heavy atom. The fourth-order valence-corrected chi connectivity index (χ4v) is 2.17. The zero-order chi connectivity index (χ0) is 9.80. The van der Waals surface area contributed by atoms with Crippen LogP contribution in [0.25, 0.3) is 0 Å². The molecule has 78 valence electrons. The summed E-state index contributed by atoms with van der Waals surface area (Å²) in [4.78, 5) is 0. The summed E-state index contributed by atoms with van der Waals surface area (Å²) in [5.74, 6) is 0. The molecule has 0 bridgehead atoms. The van der Waals surface area contributed by atoms with Gasteiger partial charge in [-0.25, -0.2) is 0 Å². The van der Waals surface area contributed by atoms with Crippen LogP contribution in [0.5, 0.6) is 0 Å². The van der Waals surface area contributed by atoms with E-state index < -0.39 is 0 Å². The van der Waals surface area contributed by atoms with Crippen molar-refractivity contribution in [1.82, 2.24) is 15.1 Å². The highest BCUT2D eigenvalue weighted by Gasteiger charge is 2.14. The molecule has 1 unspecified atom stereocenters. The zero-order valence-electron chi connectivity index (χ0n) is 8.87. The summed E-state index contributed by atoms with van der Waals surface area (Å²) in [6.07, 6.45) is 7.06. The Labute approximate surface area is 85.5 Å². The summed E-state index contributed by atoms with van der Waals surface area (Å²) in [6, 6.07) is 2.81. The molecule has 1 N–H and O–H groups in total. The quantitative estimate of drug-likeness (QED) is 0.790.